The zero-order valence-corrected chi connectivity index (χ0v) is 11.0. The van der Waals surface area contributed by atoms with Gasteiger partial charge in [0.15, 0.2) is 0 Å². The van der Waals surface area contributed by atoms with Gasteiger partial charge < -0.3 is 10.1 Å². The van der Waals surface area contributed by atoms with E-state index in [1.807, 2.05) is 14.0 Å². The zero-order chi connectivity index (χ0) is 12.1. The van der Waals surface area contributed by atoms with E-state index in [0.29, 0.717) is 5.92 Å². The van der Waals surface area contributed by atoms with Gasteiger partial charge in [0.1, 0.15) is 0 Å². The normalized spacial score (nSPS) is 12.8. The third kappa shape index (κ3) is 2.98. The average molecular weight is 225 g/mol. The summed E-state index contributed by atoms with van der Waals surface area (Å²) >= 11 is 0. The molecule has 0 aliphatic rings. The number of nitrogens with one attached hydrogen (secondary N) is 1. The standard InChI is InChI=1S/C12H23N3O/c1-6-9(2)7-13-8-11-10(3)14-15(4)12(11)16-5/h9,13H,6-8H2,1-5H3. The SMILES string of the molecule is CCC(C)CNCc1c(C)nn(C)c1OC. The largest absolute Gasteiger partial charge is 0.481 e. The number of aryl methyl sites for hydroxylation is 2. The number of rotatable bonds is 6. The highest BCUT2D eigenvalue weighted by molar-refractivity contribution is 5.30. The summed E-state index contributed by atoms with van der Waals surface area (Å²) in [6.45, 7) is 8.34. The Labute approximate surface area is 98.0 Å². The lowest BCUT2D eigenvalue weighted by Gasteiger charge is -2.10. The van der Waals surface area contributed by atoms with Crippen molar-refractivity contribution in [3.63, 3.8) is 0 Å². The molecule has 4 nitrogen and oxygen atoms in total. The molecular weight excluding hydrogens is 202 g/mol. The summed E-state index contributed by atoms with van der Waals surface area (Å²) in [5.74, 6) is 1.57. The molecule has 0 radical (unpaired) electrons. The van der Waals surface area contributed by atoms with E-state index in [1.165, 1.54) is 6.42 Å². The minimum Gasteiger partial charge on any atom is -0.481 e. The first-order chi connectivity index (χ1) is 7.60. The number of hydrogen-bond acceptors (Lipinski definition) is 3. The highest BCUT2D eigenvalue weighted by Crippen LogP contribution is 2.20. The summed E-state index contributed by atoms with van der Waals surface area (Å²) in [5, 5.41) is 7.80. The quantitative estimate of drug-likeness (QED) is 0.803. The molecular formula is C12H23N3O. The minimum absolute atomic E-state index is 0.711. The first-order valence-electron chi connectivity index (χ1n) is 5.87. The van der Waals surface area contributed by atoms with Crippen LogP contribution in [0.1, 0.15) is 31.5 Å². The average Bonchev–Trinajstić information content (AvgIpc) is 2.53. The molecule has 1 aromatic rings. The Bertz CT molecular complexity index is 333. The van der Waals surface area contributed by atoms with Gasteiger partial charge in [0, 0.05) is 13.6 Å². The van der Waals surface area contributed by atoms with Crippen LogP contribution in [0.5, 0.6) is 5.88 Å². The Morgan fingerprint density at radius 2 is 2.19 bits per heavy atom. The Morgan fingerprint density at radius 1 is 1.50 bits per heavy atom. The van der Waals surface area contributed by atoms with E-state index < -0.39 is 0 Å². The van der Waals surface area contributed by atoms with Crippen molar-refractivity contribution >= 4 is 0 Å². The van der Waals surface area contributed by atoms with Crippen LogP contribution < -0.4 is 10.1 Å². The molecule has 1 unspecified atom stereocenters. The van der Waals surface area contributed by atoms with Gasteiger partial charge in [-0.25, -0.2) is 4.68 Å². The van der Waals surface area contributed by atoms with Crippen LogP contribution in [0.25, 0.3) is 0 Å². The molecule has 1 N–H and O–H groups in total. The van der Waals surface area contributed by atoms with Crippen LogP contribution in [0.15, 0.2) is 0 Å². The highest BCUT2D eigenvalue weighted by atomic mass is 16.5. The Kier molecular flexibility index (Phi) is 4.80. The van der Waals surface area contributed by atoms with Gasteiger partial charge in [-0.15, -0.1) is 0 Å². The van der Waals surface area contributed by atoms with E-state index in [2.05, 4.69) is 24.3 Å². The lowest BCUT2D eigenvalue weighted by atomic mass is 10.1. The van der Waals surface area contributed by atoms with E-state index in [-0.39, 0.29) is 0 Å². The molecule has 4 heteroatoms. The third-order valence-electron chi connectivity index (χ3n) is 2.97. The van der Waals surface area contributed by atoms with Gasteiger partial charge in [0.25, 0.3) is 0 Å². The van der Waals surface area contributed by atoms with Crippen LogP contribution in [0.3, 0.4) is 0 Å². The second-order valence-corrected chi connectivity index (χ2v) is 4.34. The zero-order valence-electron chi connectivity index (χ0n) is 11.0. The topological polar surface area (TPSA) is 39.1 Å². The van der Waals surface area contributed by atoms with Crippen molar-refractivity contribution in [1.29, 1.82) is 0 Å². The van der Waals surface area contributed by atoms with Gasteiger partial charge in [-0.05, 0) is 19.4 Å². The van der Waals surface area contributed by atoms with Crippen LogP contribution in [0.4, 0.5) is 0 Å². The molecule has 1 rings (SSSR count). The molecule has 1 aromatic heterocycles. The van der Waals surface area contributed by atoms with Crippen LogP contribution in [-0.4, -0.2) is 23.4 Å². The molecule has 0 fully saturated rings. The molecule has 16 heavy (non-hydrogen) atoms. The predicted octanol–water partition coefficient (Wildman–Crippen LogP) is 1.87. The Balaban J connectivity index is 2.59. The van der Waals surface area contributed by atoms with Gasteiger partial charge in [-0.2, -0.15) is 5.10 Å². The van der Waals surface area contributed by atoms with Crippen LogP contribution >= 0.6 is 0 Å². The summed E-state index contributed by atoms with van der Waals surface area (Å²) in [4.78, 5) is 0. The van der Waals surface area contributed by atoms with Gasteiger partial charge in [-0.3, -0.25) is 0 Å². The molecule has 0 spiro atoms. The molecule has 0 aliphatic heterocycles. The number of ether oxygens (including phenoxy) is 1. The summed E-state index contributed by atoms with van der Waals surface area (Å²) in [6, 6.07) is 0. The smallest absolute Gasteiger partial charge is 0.216 e. The molecule has 0 saturated carbocycles. The molecule has 1 heterocycles. The number of hydrogen-bond donors (Lipinski definition) is 1. The first kappa shape index (κ1) is 13.0. The fourth-order valence-corrected chi connectivity index (χ4v) is 1.73. The van der Waals surface area contributed by atoms with Crippen molar-refractivity contribution < 1.29 is 4.74 Å². The van der Waals surface area contributed by atoms with Crippen molar-refractivity contribution in [3.05, 3.63) is 11.3 Å². The third-order valence-corrected chi connectivity index (χ3v) is 2.97. The molecule has 92 valence electrons. The van der Waals surface area contributed by atoms with Gasteiger partial charge in [-0.1, -0.05) is 20.3 Å². The molecule has 0 bridgehead atoms. The van der Waals surface area contributed by atoms with E-state index in [1.54, 1.807) is 11.8 Å². The Morgan fingerprint density at radius 3 is 2.75 bits per heavy atom. The molecule has 0 aliphatic carbocycles. The number of nitrogens with zero attached hydrogens (tertiary/aromatic N) is 2. The summed E-state index contributed by atoms with van der Waals surface area (Å²) in [7, 11) is 3.60. The monoisotopic (exact) mass is 225 g/mol. The lowest BCUT2D eigenvalue weighted by Crippen LogP contribution is -2.20. The second kappa shape index (κ2) is 5.89. The molecule has 0 aromatic carbocycles. The predicted molar refractivity (Wildman–Crippen MR) is 65.7 cm³/mol. The maximum absolute atomic E-state index is 5.34. The first-order valence-corrected chi connectivity index (χ1v) is 5.87. The van der Waals surface area contributed by atoms with Gasteiger partial charge in [0.2, 0.25) is 5.88 Å². The van der Waals surface area contributed by atoms with Crippen LogP contribution in [0, 0.1) is 12.8 Å². The fourth-order valence-electron chi connectivity index (χ4n) is 1.73. The van der Waals surface area contributed by atoms with Gasteiger partial charge in [0.05, 0.1) is 18.4 Å². The van der Waals surface area contributed by atoms with E-state index in [0.717, 1.165) is 30.2 Å². The van der Waals surface area contributed by atoms with Crippen molar-refractivity contribution in [2.45, 2.75) is 33.7 Å². The summed E-state index contributed by atoms with van der Waals surface area (Å²) in [6.07, 6.45) is 1.20. The lowest BCUT2D eigenvalue weighted by molar-refractivity contribution is 0.367. The van der Waals surface area contributed by atoms with Gasteiger partial charge >= 0.3 is 0 Å². The maximum Gasteiger partial charge on any atom is 0.216 e. The van der Waals surface area contributed by atoms with Crippen molar-refractivity contribution in [3.8, 4) is 5.88 Å². The van der Waals surface area contributed by atoms with Crippen molar-refractivity contribution in [2.75, 3.05) is 13.7 Å². The van der Waals surface area contributed by atoms with Crippen LogP contribution in [0.2, 0.25) is 0 Å². The second-order valence-electron chi connectivity index (χ2n) is 4.34. The molecule has 1 atom stereocenters. The minimum atomic E-state index is 0.711. The van der Waals surface area contributed by atoms with E-state index in [9.17, 15) is 0 Å². The van der Waals surface area contributed by atoms with Crippen LogP contribution in [-0.2, 0) is 13.6 Å². The Hall–Kier alpha value is -1.03. The van der Waals surface area contributed by atoms with E-state index >= 15 is 0 Å². The van der Waals surface area contributed by atoms with E-state index in [4.69, 9.17) is 4.74 Å². The fraction of sp³-hybridized carbons (Fsp3) is 0.750. The summed E-state index contributed by atoms with van der Waals surface area (Å²) in [5.41, 5.74) is 2.20. The number of methoxy groups -OCH3 is 1. The summed E-state index contributed by atoms with van der Waals surface area (Å²) < 4.78 is 7.13. The highest BCUT2D eigenvalue weighted by Gasteiger charge is 2.13. The van der Waals surface area contributed by atoms with Crippen molar-refractivity contribution in [2.24, 2.45) is 13.0 Å². The number of aromatic nitrogens is 2. The molecule has 0 amide bonds. The maximum atomic E-state index is 5.34. The van der Waals surface area contributed by atoms with Crippen molar-refractivity contribution in [1.82, 2.24) is 15.1 Å². The molecule has 0 saturated heterocycles.